The van der Waals surface area contributed by atoms with E-state index < -0.39 is 11.7 Å². The molecule has 230 valence electrons. The Morgan fingerprint density at radius 2 is 1.84 bits per heavy atom. The Morgan fingerprint density at radius 1 is 1.09 bits per heavy atom. The summed E-state index contributed by atoms with van der Waals surface area (Å²) in [5, 5.41) is 11.7. The van der Waals surface area contributed by atoms with Crippen molar-refractivity contribution in [1.29, 1.82) is 0 Å². The van der Waals surface area contributed by atoms with Gasteiger partial charge in [0.1, 0.15) is 17.3 Å². The first kappa shape index (κ1) is 31.9. The van der Waals surface area contributed by atoms with Gasteiger partial charge in [0.25, 0.3) is 11.8 Å². The quantitative estimate of drug-likeness (QED) is 0.109. The van der Waals surface area contributed by atoms with Crippen molar-refractivity contribution in [3.63, 3.8) is 0 Å². The number of carbonyl (C=O) groups excluding carboxylic acids is 2. The van der Waals surface area contributed by atoms with E-state index in [1.54, 1.807) is 48.9 Å². The van der Waals surface area contributed by atoms with E-state index in [9.17, 15) is 14.0 Å². The number of amidine groups is 1. The fraction of sp³-hybridized carbons (Fsp3) is 0.176. The summed E-state index contributed by atoms with van der Waals surface area (Å²) in [7, 11) is 0. The summed E-state index contributed by atoms with van der Waals surface area (Å²) >= 11 is 4.65. The molecule has 11 heteroatoms. The van der Waals surface area contributed by atoms with Gasteiger partial charge in [0, 0.05) is 15.7 Å². The molecule has 4 aromatic rings. The van der Waals surface area contributed by atoms with Crippen molar-refractivity contribution in [2.45, 2.75) is 32.7 Å². The van der Waals surface area contributed by atoms with Crippen LogP contribution in [0.25, 0.3) is 6.08 Å². The van der Waals surface area contributed by atoms with Crippen LogP contribution in [-0.4, -0.2) is 34.7 Å². The lowest BCUT2D eigenvalue weighted by molar-refractivity contribution is -0.122. The molecule has 0 spiro atoms. The van der Waals surface area contributed by atoms with Crippen LogP contribution >= 0.6 is 27.7 Å². The number of hydrogen-bond acceptors (Lipinski definition) is 7. The zero-order chi connectivity index (χ0) is 32.0. The standard InChI is InChI=1S/C34H30BrFN4O4S/c1-34(2,3)24-8-6-22(7-9-24)19-37-39-33-40(20-28-5-4-16-43-28)32(42)30(45-33)18-23-17-25(35)10-15-29(23)44-21-31(41)38-27-13-11-26(36)12-14-27/h4-19H,20-21H2,1-3H3,(H,38,41)/b30-18-,37-19+,39-33-. The van der Waals surface area contributed by atoms with E-state index in [2.05, 4.69) is 64.4 Å². The Kier molecular flexibility index (Phi) is 9.99. The van der Waals surface area contributed by atoms with Gasteiger partial charge in [-0.1, -0.05) is 61.0 Å². The van der Waals surface area contributed by atoms with Crippen LogP contribution in [-0.2, 0) is 21.5 Å². The van der Waals surface area contributed by atoms with Crippen LogP contribution in [0.15, 0.2) is 109 Å². The largest absolute Gasteiger partial charge is 0.483 e. The smallest absolute Gasteiger partial charge is 0.267 e. The van der Waals surface area contributed by atoms with Crippen LogP contribution in [0.2, 0.25) is 0 Å². The number of anilines is 1. The molecule has 45 heavy (non-hydrogen) atoms. The Labute approximate surface area is 273 Å². The topological polar surface area (TPSA) is 96.5 Å². The Balaban J connectivity index is 1.36. The van der Waals surface area contributed by atoms with Gasteiger partial charge in [-0.15, -0.1) is 5.10 Å². The number of rotatable bonds is 9. The van der Waals surface area contributed by atoms with Crippen molar-refractivity contribution in [3.8, 4) is 5.75 Å². The predicted octanol–water partition coefficient (Wildman–Crippen LogP) is 8.00. The van der Waals surface area contributed by atoms with Gasteiger partial charge in [-0.3, -0.25) is 14.5 Å². The third-order valence-electron chi connectivity index (χ3n) is 6.65. The highest BCUT2D eigenvalue weighted by molar-refractivity contribution is 9.10. The summed E-state index contributed by atoms with van der Waals surface area (Å²) in [5.41, 5.74) is 3.17. The molecular weight excluding hydrogens is 659 g/mol. The van der Waals surface area contributed by atoms with Crippen LogP contribution in [0.4, 0.5) is 10.1 Å². The summed E-state index contributed by atoms with van der Waals surface area (Å²) in [6.45, 7) is 6.36. The first-order valence-corrected chi connectivity index (χ1v) is 15.6. The second-order valence-electron chi connectivity index (χ2n) is 11.1. The Hall–Kier alpha value is -4.48. The maximum absolute atomic E-state index is 13.6. The van der Waals surface area contributed by atoms with Crippen molar-refractivity contribution in [3.05, 3.63) is 123 Å². The second kappa shape index (κ2) is 14.1. The van der Waals surface area contributed by atoms with Crippen LogP contribution in [0.3, 0.4) is 0 Å². The zero-order valence-corrected chi connectivity index (χ0v) is 27.2. The highest BCUT2D eigenvalue weighted by atomic mass is 79.9. The fourth-order valence-corrected chi connectivity index (χ4v) is 5.58. The van der Waals surface area contributed by atoms with Crippen LogP contribution in [0.1, 0.15) is 43.2 Å². The molecule has 1 N–H and O–H groups in total. The van der Waals surface area contributed by atoms with Crippen LogP contribution in [0, 0.1) is 5.82 Å². The lowest BCUT2D eigenvalue weighted by atomic mass is 9.87. The predicted molar refractivity (Wildman–Crippen MR) is 180 cm³/mol. The number of benzene rings is 3. The van der Waals surface area contributed by atoms with Gasteiger partial charge in [-0.2, -0.15) is 5.10 Å². The maximum Gasteiger partial charge on any atom is 0.267 e. The lowest BCUT2D eigenvalue weighted by Crippen LogP contribution is -2.28. The Bertz CT molecular complexity index is 1760. The zero-order valence-electron chi connectivity index (χ0n) is 24.8. The molecular formula is C34H30BrFN4O4S. The average molecular weight is 690 g/mol. The van der Waals surface area contributed by atoms with Crippen molar-refractivity contribution >= 4 is 62.7 Å². The summed E-state index contributed by atoms with van der Waals surface area (Å²) in [6.07, 6.45) is 4.89. The molecule has 0 bridgehead atoms. The molecule has 0 saturated carbocycles. The van der Waals surface area contributed by atoms with Crippen molar-refractivity contribution in [2.24, 2.45) is 10.2 Å². The van der Waals surface area contributed by atoms with Crippen molar-refractivity contribution in [2.75, 3.05) is 11.9 Å². The molecule has 5 rings (SSSR count). The van der Waals surface area contributed by atoms with E-state index in [4.69, 9.17) is 9.15 Å². The molecule has 0 aliphatic carbocycles. The fourth-order valence-electron chi connectivity index (χ4n) is 4.27. The Morgan fingerprint density at radius 3 is 2.53 bits per heavy atom. The minimum atomic E-state index is -0.417. The number of ether oxygens (including phenoxy) is 1. The maximum atomic E-state index is 13.6. The number of carbonyl (C=O) groups is 2. The van der Waals surface area contributed by atoms with Gasteiger partial charge in [-0.25, -0.2) is 4.39 Å². The van der Waals surface area contributed by atoms with Crippen LogP contribution in [0.5, 0.6) is 5.75 Å². The number of nitrogens with one attached hydrogen (secondary N) is 1. The third kappa shape index (κ3) is 8.58. The lowest BCUT2D eigenvalue weighted by Gasteiger charge is -2.18. The minimum Gasteiger partial charge on any atom is -0.483 e. The number of furan rings is 1. The van der Waals surface area contributed by atoms with E-state index >= 15 is 0 Å². The summed E-state index contributed by atoms with van der Waals surface area (Å²) in [6, 6.07) is 22.4. The van der Waals surface area contributed by atoms with E-state index in [-0.39, 0.29) is 24.5 Å². The van der Waals surface area contributed by atoms with Crippen molar-refractivity contribution in [1.82, 2.24) is 4.90 Å². The number of amides is 2. The van der Waals surface area contributed by atoms with E-state index in [0.29, 0.717) is 32.8 Å². The number of thioether (sulfide) groups is 1. The van der Waals surface area contributed by atoms with Gasteiger partial charge in [0.2, 0.25) is 0 Å². The first-order valence-electron chi connectivity index (χ1n) is 14.0. The number of nitrogens with zero attached hydrogens (tertiary/aromatic N) is 3. The highest BCUT2D eigenvalue weighted by Crippen LogP contribution is 2.36. The molecule has 1 fully saturated rings. The SMILES string of the molecule is CC(C)(C)c1ccc(/C=N/N=C2\S/C(=C\c3cc(Br)ccc3OCC(=O)Nc3ccc(F)cc3)C(=O)N2Cc2ccco2)cc1. The van der Waals surface area contributed by atoms with Gasteiger partial charge in [0.05, 0.1) is 23.9 Å². The van der Waals surface area contributed by atoms with Gasteiger partial charge in [-0.05, 0) is 89.0 Å². The average Bonchev–Trinajstić information content (AvgIpc) is 3.62. The molecule has 0 unspecified atom stereocenters. The monoisotopic (exact) mass is 688 g/mol. The molecule has 2 heterocycles. The van der Waals surface area contributed by atoms with E-state index in [1.807, 2.05) is 12.1 Å². The molecule has 1 aromatic heterocycles. The second-order valence-corrected chi connectivity index (χ2v) is 13.0. The minimum absolute atomic E-state index is 0.0431. The van der Waals surface area contributed by atoms with E-state index in [0.717, 1.165) is 10.0 Å². The first-order chi connectivity index (χ1) is 21.5. The molecule has 0 radical (unpaired) electrons. The summed E-state index contributed by atoms with van der Waals surface area (Å²) in [4.78, 5) is 28.0. The molecule has 0 atom stereocenters. The molecule has 1 aliphatic heterocycles. The van der Waals surface area contributed by atoms with Gasteiger partial charge >= 0.3 is 0 Å². The molecule has 1 saturated heterocycles. The molecule has 8 nitrogen and oxygen atoms in total. The summed E-state index contributed by atoms with van der Waals surface area (Å²) in [5.74, 6) is -0.102. The number of halogens is 2. The molecule has 2 amide bonds. The van der Waals surface area contributed by atoms with Gasteiger partial charge < -0.3 is 14.5 Å². The van der Waals surface area contributed by atoms with Gasteiger partial charge in [0.15, 0.2) is 11.8 Å². The van der Waals surface area contributed by atoms with E-state index in [1.165, 1.54) is 46.5 Å². The number of hydrogen-bond donors (Lipinski definition) is 1. The normalized spacial score (nSPS) is 15.4. The highest BCUT2D eigenvalue weighted by Gasteiger charge is 2.34. The van der Waals surface area contributed by atoms with Crippen LogP contribution < -0.4 is 10.1 Å². The van der Waals surface area contributed by atoms with Crippen molar-refractivity contribution < 1.29 is 23.1 Å². The summed E-state index contributed by atoms with van der Waals surface area (Å²) < 4.78 is 25.3. The third-order valence-corrected chi connectivity index (χ3v) is 8.14. The molecule has 1 aliphatic rings. The molecule has 3 aromatic carbocycles.